The van der Waals surface area contributed by atoms with Crippen LogP contribution >= 0.6 is 23.7 Å². The van der Waals surface area contributed by atoms with Gasteiger partial charge in [-0.05, 0) is 32.2 Å². The fraction of sp³-hybridized carbons (Fsp3) is 0.462. The van der Waals surface area contributed by atoms with Crippen LogP contribution < -0.4 is 10.5 Å². The maximum absolute atomic E-state index is 5.66. The second kappa shape index (κ2) is 7.05. The van der Waals surface area contributed by atoms with Crippen molar-refractivity contribution in [3.63, 3.8) is 0 Å². The summed E-state index contributed by atoms with van der Waals surface area (Å²) in [5.41, 5.74) is 6.70. The molecular weight excluding hydrogens is 282 g/mol. The summed E-state index contributed by atoms with van der Waals surface area (Å²) in [5.74, 6) is 0.876. The van der Waals surface area contributed by atoms with Gasteiger partial charge >= 0.3 is 0 Å². The third-order valence-electron chi connectivity index (χ3n) is 3.12. The summed E-state index contributed by atoms with van der Waals surface area (Å²) < 4.78 is 6.39. The minimum atomic E-state index is 0. The van der Waals surface area contributed by atoms with Crippen molar-refractivity contribution in [1.29, 1.82) is 0 Å². The normalized spacial score (nSPS) is 12.5. The number of nitrogens with two attached hydrogens (primary N) is 1. The van der Waals surface area contributed by atoms with Crippen molar-refractivity contribution >= 4 is 34.0 Å². The monoisotopic (exact) mass is 301 g/mol. The van der Waals surface area contributed by atoms with E-state index in [1.807, 2.05) is 18.2 Å². The van der Waals surface area contributed by atoms with Crippen LogP contribution in [0, 0.1) is 0 Å². The Kier molecular flexibility index (Phi) is 6.00. The largest absolute Gasteiger partial charge is 0.497 e. The molecule has 0 aliphatic rings. The van der Waals surface area contributed by atoms with Crippen molar-refractivity contribution in [3.8, 4) is 5.75 Å². The number of likely N-dealkylation sites (N-methyl/N-ethyl adjacent to an activating group) is 1. The third kappa shape index (κ3) is 3.79. The molecule has 0 amide bonds. The molecule has 1 unspecified atom stereocenters. The van der Waals surface area contributed by atoms with E-state index in [1.54, 1.807) is 18.4 Å². The quantitative estimate of drug-likeness (QED) is 0.922. The van der Waals surface area contributed by atoms with Crippen molar-refractivity contribution < 1.29 is 4.74 Å². The SMILES string of the molecule is COc1ccc2nc(CN(C)C(C)CN)sc2c1.Cl. The molecule has 1 aromatic heterocycles. The van der Waals surface area contributed by atoms with Gasteiger partial charge in [0.2, 0.25) is 0 Å². The predicted molar refractivity (Wildman–Crippen MR) is 83.4 cm³/mol. The van der Waals surface area contributed by atoms with Gasteiger partial charge in [0.25, 0.3) is 0 Å². The molecule has 106 valence electrons. The maximum atomic E-state index is 5.66. The zero-order chi connectivity index (χ0) is 13.1. The molecule has 0 bridgehead atoms. The number of hydrogen-bond acceptors (Lipinski definition) is 5. The van der Waals surface area contributed by atoms with E-state index in [0.717, 1.165) is 27.5 Å². The topological polar surface area (TPSA) is 51.4 Å². The summed E-state index contributed by atoms with van der Waals surface area (Å²) in [7, 11) is 3.75. The first-order valence-electron chi connectivity index (χ1n) is 5.97. The molecule has 0 saturated heterocycles. The smallest absolute Gasteiger partial charge is 0.120 e. The number of rotatable bonds is 5. The average molecular weight is 302 g/mol. The van der Waals surface area contributed by atoms with Gasteiger partial charge in [-0.2, -0.15) is 0 Å². The van der Waals surface area contributed by atoms with Crippen LogP contribution in [0.4, 0.5) is 0 Å². The summed E-state index contributed by atoms with van der Waals surface area (Å²) in [6.45, 7) is 3.62. The lowest BCUT2D eigenvalue weighted by atomic mass is 10.3. The summed E-state index contributed by atoms with van der Waals surface area (Å²) >= 11 is 1.71. The fourth-order valence-corrected chi connectivity index (χ4v) is 2.76. The van der Waals surface area contributed by atoms with Gasteiger partial charge in [-0.15, -0.1) is 23.7 Å². The number of ether oxygens (including phenoxy) is 1. The van der Waals surface area contributed by atoms with Crippen LogP contribution in [-0.4, -0.2) is 36.6 Å². The van der Waals surface area contributed by atoms with Gasteiger partial charge in [-0.1, -0.05) is 0 Å². The number of halogens is 1. The highest BCUT2D eigenvalue weighted by molar-refractivity contribution is 7.18. The van der Waals surface area contributed by atoms with Crippen molar-refractivity contribution in [2.45, 2.75) is 19.5 Å². The highest BCUT2D eigenvalue weighted by atomic mass is 35.5. The molecule has 1 aromatic carbocycles. The molecule has 1 atom stereocenters. The van der Waals surface area contributed by atoms with Gasteiger partial charge in [-0.25, -0.2) is 4.98 Å². The third-order valence-corrected chi connectivity index (χ3v) is 4.12. The van der Waals surface area contributed by atoms with Gasteiger partial charge in [0, 0.05) is 12.6 Å². The summed E-state index contributed by atoms with van der Waals surface area (Å²) in [6.07, 6.45) is 0. The van der Waals surface area contributed by atoms with Crippen LogP contribution in [0.1, 0.15) is 11.9 Å². The first kappa shape index (κ1) is 16.2. The molecule has 2 N–H and O–H groups in total. The van der Waals surface area contributed by atoms with Crippen molar-refractivity contribution in [1.82, 2.24) is 9.88 Å². The summed E-state index contributed by atoms with van der Waals surface area (Å²) in [4.78, 5) is 6.84. The van der Waals surface area contributed by atoms with Crippen LogP contribution in [0.25, 0.3) is 10.2 Å². The van der Waals surface area contributed by atoms with Crippen molar-refractivity contribution in [2.24, 2.45) is 5.73 Å². The standard InChI is InChI=1S/C13H19N3OS.ClH/c1-9(7-14)16(2)8-13-15-11-5-4-10(17-3)6-12(11)18-13;/h4-6,9H,7-8,14H2,1-3H3;1H. The van der Waals surface area contributed by atoms with E-state index < -0.39 is 0 Å². The average Bonchev–Trinajstić information content (AvgIpc) is 2.78. The molecule has 4 nitrogen and oxygen atoms in total. The Bertz CT molecular complexity index is 532. The van der Waals surface area contributed by atoms with Gasteiger partial charge in [0.05, 0.1) is 23.9 Å². The zero-order valence-electron chi connectivity index (χ0n) is 11.4. The number of fused-ring (bicyclic) bond motifs is 1. The Labute approximate surface area is 124 Å². The van der Waals surface area contributed by atoms with Gasteiger partial charge in [0.1, 0.15) is 10.8 Å². The molecular formula is C13H20ClN3OS. The zero-order valence-corrected chi connectivity index (χ0v) is 13.1. The molecule has 0 aliphatic carbocycles. The van der Waals surface area contributed by atoms with E-state index in [2.05, 4.69) is 23.9 Å². The summed E-state index contributed by atoms with van der Waals surface area (Å²) in [6, 6.07) is 6.34. The van der Waals surface area contributed by atoms with Crippen molar-refractivity contribution in [2.75, 3.05) is 20.7 Å². The van der Waals surface area contributed by atoms with Crippen LogP contribution in [0.2, 0.25) is 0 Å². The second-order valence-corrected chi connectivity index (χ2v) is 5.56. The number of thiazole rings is 1. The van der Waals surface area contributed by atoms with Gasteiger partial charge < -0.3 is 10.5 Å². The highest BCUT2D eigenvalue weighted by Crippen LogP contribution is 2.26. The Morgan fingerprint density at radius 3 is 2.84 bits per heavy atom. The lowest BCUT2D eigenvalue weighted by Crippen LogP contribution is -2.34. The van der Waals surface area contributed by atoms with Crippen LogP contribution in [0.3, 0.4) is 0 Å². The van der Waals surface area contributed by atoms with E-state index in [1.165, 1.54) is 0 Å². The number of benzene rings is 1. The van der Waals surface area contributed by atoms with E-state index in [9.17, 15) is 0 Å². The van der Waals surface area contributed by atoms with Gasteiger partial charge in [0.15, 0.2) is 0 Å². The van der Waals surface area contributed by atoms with Gasteiger partial charge in [-0.3, -0.25) is 4.90 Å². The molecule has 0 aliphatic heterocycles. The molecule has 0 saturated carbocycles. The highest BCUT2D eigenvalue weighted by Gasteiger charge is 2.11. The second-order valence-electron chi connectivity index (χ2n) is 4.44. The Morgan fingerprint density at radius 2 is 2.21 bits per heavy atom. The van der Waals surface area contributed by atoms with Crippen LogP contribution in [-0.2, 0) is 6.54 Å². The van der Waals surface area contributed by atoms with E-state index in [-0.39, 0.29) is 12.4 Å². The molecule has 6 heteroatoms. The number of hydrogen-bond donors (Lipinski definition) is 1. The fourth-order valence-electron chi connectivity index (χ4n) is 1.70. The molecule has 2 aromatic rings. The Hall–Kier alpha value is -0.880. The molecule has 0 spiro atoms. The first-order valence-corrected chi connectivity index (χ1v) is 6.79. The van der Waals surface area contributed by atoms with E-state index in [4.69, 9.17) is 10.5 Å². The van der Waals surface area contributed by atoms with Crippen LogP contribution in [0.15, 0.2) is 18.2 Å². The van der Waals surface area contributed by atoms with E-state index >= 15 is 0 Å². The molecule has 1 heterocycles. The first-order chi connectivity index (χ1) is 8.63. The number of methoxy groups -OCH3 is 1. The molecule has 2 rings (SSSR count). The minimum Gasteiger partial charge on any atom is -0.497 e. The predicted octanol–water partition coefficient (Wildman–Crippen LogP) is 2.51. The lowest BCUT2D eigenvalue weighted by Gasteiger charge is -2.21. The molecule has 0 fully saturated rings. The number of aromatic nitrogens is 1. The Balaban J connectivity index is 0.00000180. The molecule has 0 radical (unpaired) electrons. The minimum absolute atomic E-state index is 0. The van der Waals surface area contributed by atoms with Crippen LogP contribution in [0.5, 0.6) is 5.75 Å². The summed E-state index contributed by atoms with van der Waals surface area (Å²) in [5, 5.41) is 1.11. The van der Waals surface area contributed by atoms with Crippen molar-refractivity contribution in [3.05, 3.63) is 23.2 Å². The van der Waals surface area contributed by atoms with E-state index in [0.29, 0.717) is 12.6 Å². The lowest BCUT2D eigenvalue weighted by molar-refractivity contribution is 0.254. The number of nitrogens with zero attached hydrogens (tertiary/aromatic N) is 2. The Morgan fingerprint density at radius 1 is 1.47 bits per heavy atom. The molecule has 19 heavy (non-hydrogen) atoms. The maximum Gasteiger partial charge on any atom is 0.120 e.